The standard InChI is InChI=1S/C14H11ClFNO4S/c15-10-3-1-5-12(7-10)21-9-14(18)17-11-4-2-6-13(8-11)22(16,19)20/h1-8H,9H2,(H,17,18). The van der Waals surface area contributed by atoms with Gasteiger partial charge >= 0.3 is 10.2 Å². The molecule has 0 aliphatic heterocycles. The number of rotatable bonds is 5. The van der Waals surface area contributed by atoms with Crippen molar-refractivity contribution in [3.05, 3.63) is 53.6 Å². The van der Waals surface area contributed by atoms with Gasteiger partial charge in [0.25, 0.3) is 5.91 Å². The van der Waals surface area contributed by atoms with Crippen LogP contribution < -0.4 is 10.1 Å². The predicted octanol–water partition coefficient (Wildman–Crippen LogP) is 3.02. The van der Waals surface area contributed by atoms with Gasteiger partial charge in [-0.1, -0.05) is 23.7 Å². The van der Waals surface area contributed by atoms with E-state index in [-0.39, 0.29) is 12.3 Å². The number of halogens is 2. The van der Waals surface area contributed by atoms with Gasteiger partial charge in [0.2, 0.25) is 0 Å². The molecule has 0 aromatic heterocycles. The van der Waals surface area contributed by atoms with Gasteiger partial charge in [0, 0.05) is 10.7 Å². The summed E-state index contributed by atoms with van der Waals surface area (Å²) in [5.41, 5.74) is 0.151. The first-order valence-corrected chi connectivity index (χ1v) is 7.84. The van der Waals surface area contributed by atoms with E-state index in [0.29, 0.717) is 10.8 Å². The fourth-order valence-electron chi connectivity index (χ4n) is 1.63. The minimum absolute atomic E-state index is 0.151. The number of hydrogen-bond acceptors (Lipinski definition) is 4. The number of hydrogen-bond donors (Lipinski definition) is 1. The van der Waals surface area contributed by atoms with Crippen LogP contribution in [-0.4, -0.2) is 20.9 Å². The average Bonchev–Trinajstić information content (AvgIpc) is 2.45. The molecule has 0 unspecified atom stereocenters. The smallest absolute Gasteiger partial charge is 0.332 e. The Morgan fingerprint density at radius 1 is 1.18 bits per heavy atom. The highest BCUT2D eigenvalue weighted by Gasteiger charge is 2.13. The van der Waals surface area contributed by atoms with E-state index in [1.54, 1.807) is 24.3 Å². The van der Waals surface area contributed by atoms with E-state index in [9.17, 15) is 17.1 Å². The summed E-state index contributed by atoms with van der Waals surface area (Å²) in [6.45, 7) is -0.299. The molecule has 0 aliphatic rings. The third-order valence-electron chi connectivity index (χ3n) is 2.57. The normalized spacial score (nSPS) is 11.0. The van der Waals surface area contributed by atoms with Gasteiger partial charge in [-0.2, -0.15) is 8.42 Å². The second-order valence-corrected chi connectivity index (χ2v) is 6.04. The van der Waals surface area contributed by atoms with Gasteiger partial charge in [0.15, 0.2) is 6.61 Å². The van der Waals surface area contributed by atoms with Crippen LogP contribution in [0.5, 0.6) is 5.75 Å². The molecule has 0 bridgehead atoms. The fourth-order valence-corrected chi connectivity index (χ4v) is 2.32. The Labute approximate surface area is 131 Å². The van der Waals surface area contributed by atoms with Crippen LogP contribution in [0.2, 0.25) is 5.02 Å². The van der Waals surface area contributed by atoms with Crippen LogP contribution >= 0.6 is 11.6 Å². The van der Waals surface area contributed by atoms with E-state index in [0.717, 1.165) is 12.1 Å². The van der Waals surface area contributed by atoms with Crippen LogP contribution in [0.1, 0.15) is 0 Å². The number of carbonyl (C=O) groups excluding carboxylic acids is 1. The van der Waals surface area contributed by atoms with E-state index < -0.39 is 21.0 Å². The van der Waals surface area contributed by atoms with Gasteiger partial charge in [-0.15, -0.1) is 3.89 Å². The van der Waals surface area contributed by atoms with Crippen molar-refractivity contribution in [2.75, 3.05) is 11.9 Å². The highest BCUT2D eigenvalue weighted by Crippen LogP contribution is 2.18. The summed E-state index contributed by atoms with van der Waals surface area (Å²) in [4.78, 5) is 11.2. The Kier molecular flexibility index (Phi) is 4.99. The third kappa shape index (κ3) is 4.71. The SMILES string of the molecule is O=C(COc1cccc(Cl)c1)Nc1cccc(S(=O)(=O)F)c1. The van der Waals surface area contributed by atoms with E-state index in [1.807, 2.05) is 0 Å². The molecule has 2 aromatic carbocycles. The van der Waals surface area contributed by atoms with Gasteiger partial charge < -0.3 is 10.1 Å². The van der Waals surface area contributed by atoms with Gasteiger partial charge in [-0.05, 0) is 36.4 Å². The molecule has 0 heterocycles. The minimum Gasteiger partial charge on any atom is -0.484 e. The summed E-state index contributed by atoms with van der Waals surface area (Å²) in [5.74, 6) is -0.101. The lowest BCUT2D eigenvalue weighted by Crippen LogP contribution is -2.20. The molecule has 2 aromatic rings. The van der Waals surface area contributed by atoms with Crippen molar-refractivity contribution < 1.29 is 21.8 Å². The van der Waals surface area contributed by atoms with Crippen molar-refractivity contribution in [1.82, 2.24) is 0 Å². The summed E-state index contributed by atoms with van der Waals surface area (Å²) >= 11 is 5.78. The van der Waals surface area contributed by atoms with Crippen molar-refractivity contribution >= 4 is 33.4 Å². The number of ether oxygens (including phenoxy) is 1. The number of amides is 1. The van der Waals surface area contributed by atoms with E-state index in [2.05, 4.69) is 5.32 Å². The largest absolute Gasteiger partial charge is 0.484 e. The first kappa shape index (κ1) is 16.3. The molecule has 0 spiro atoms. The maximum absolute atomic E-state index is 12.9. The van der Waals surface area contributed by atoms with Crippen molar-refractivity contribution in [1.29, 1.82) is 0 Å². The molecule has 22 heavy (non-hydrogen) atoms. The Balaban J connectivity index is 1.98. The van der Waals surface area contributed by atoms with Crippen LogP contribution in [0.3, 0.4) is 0 Å². The van der Waals surface area contributed by atoms with Crippen LogP contribution in [-0.2, 0) is 15.0 Å². The van der Waals surface area contributed by atoms with Crippen molar-refractivity contribution in [2.24, 2.45) is 0 Å². The number of nitrogens with one attached hydrogen (secondary N) is 1. The summed E-state index contributed by atoms with van der Waals surface area (Å²) < 4.78 is 39.7. The van der Waals surface area contributed by atoms with Gasteiger partial charge in [0.1, 0.15) is 10.6 Å². The summed E-state index contributed by atoms with van der Waals surface area (Å²) in [6.07, 6.45) is 0. The highest BCUT2D eigenvalue weighted by atomic mass is 35.5. The zero-order chi connectivity index (χ0) is 16.2. The number of benzene rings is 2. The molecule has 1 amide bonds. The first-order valence-electron chi connectivity index (χ1n) is 6.07. The molecule has 0 aliphatic carbocycles. The minimum atomic E-state index is -4.82. The van der Waals surface area contributed by atoms with Crippen LogP contribution in [0.4, 0.5) is 9.57 Å². The Hall–Kier alpha value is -2.12. The zero-order valence-electron chi connectivity index (χ0n) is 11.1. The molecule has 116 valence electrons. The second kappa shape index (κ2) is 6.76. The maximum Gasteiger partial charge on any atom is 0.332 e. The Bertz CT molecular complexity index is 795. The molecule has 5 nitrogen and oxygen atoms in total. The molecule has 2 rings (SSSR count). The van der Waals surface area contributed by atoms with E-state index in [4.69, 9.17) is 16.3 Å². The Morgan fingerprint density at radius 3 is 2.59 bits per heavy atom. The lowest BCUT2D eigenvalue weighted by molar-refractivity contribution is -0.118. The molecule has 0 fully saturated rings. The third-order valence-corrected chi connectivity index (χ3v) is 3.62. The molecular formula is C14H11ClFNO4S. The van der Waals surface area contributed by atoms with Gasteiger partial charge in [-0.3, -0.25) is 4.79 Å². The van der Waals surface area contributed by atoms with Crippen LogP contribution in [0.25, 0.3) is 0 Å². The number of carbonyl (C=O) groups is 1. The summed E-state index contributed by atoms with van der Waals surface area (Å²) in [7, 11) is -4.82. The van der Waals surface area contributed by atoms with Crippen molar-refractivity contribution in [3.8, 4) is 5.75 Å². The molecule has 1 N–H and O–H groups in total. The van der Waals surface area contributed by atoms with Gasteiger partial charge in [-0.25, -0.2) is 0 Å². The predicted molar refractivity (Wildman–Crippen MR) is 80.3 cm³/mol. The van der Waals surface area contributed by atoms with E-state index in [1.165, 1.54) is 12.1 Å². The summed E-state index contributed by atoms with van der Waals surface area (Å²) in [5, 5.41) is 2.88. The Morgan fingerprint density at radius 2 is 1.91 bits per heavy atom. The average molecular weight is 344 g/mol. The monoisotopic (exact) mass is 343 g/mol. The second-order valence-electron chi connectivity index (χ2n) is 4.26. The zero-order valence-corrected chi connectivity index (χ0v) is 12.7. The number of anilines is 1. The van der Waals surface area contributed by atoms with Gasteiger partial charge in [0.05, 0.1) is 0 Å². The molecule has 0 radical (unpaired) electrons. The van der Waals surface area contributed by atoms with Crippen molar-refractivity contribution in [3.63, 3.8) is 0 Å². The molecule has 0 saturated carbocycles. The molecule has 0 atom stereocenters. The van der Waals surface area contributed by atoms with Crippen LogP contribution in [0.15, 0.2) is 53.4 Å². The quantitative estimate of drug-likeness (QED) is 0.847. The van der Waals surface area contributed by atoms with Crippen molar-refractivity contribution in [2.45, 2.75) is 4.90 Å². The fraction of sp³-hybridized carbons (Fsp3) is 0.0714. The highest BCUT2D eigenvalue weighted by molar-refractivity contribution is 7.86. The molecular weight excluding hydrogens is 333 g/mol. The topological polar surface area (TPSA) is 72.5 Å². The maximum atomic E-state index is 12.9. The van der Waals surface area contributed by atoms with E-state index >= 15 is 0 Å². The lowest BCUT2D eigenvalue weighted by Gasteiger charge is -2.08. The first-order chi connectivity index (χ1) is 10.3. The molecule has 0 saturated heterocycles. The van der Waals surface area contributed by atoms with Crippen LogP contribution in [0, 0.1) is 0 Å². The summed E-state index contributed by atoms with van der Waals surface area (Å²) in [6, 6.07) is 11.4. The molecule has 8 heteroatoms. The lowest BCUT2D eigenvalue weighted by atomic mass is 10.3.